The molecule has 0 spiro atoms. The van der Waals surface area contributed by atoms with Crippen LogP contribution in [0, 0.1) is 5.92 Å². The van der Waals surface area contributed by atoms with Gasteiger partial charge in [-0.05, 0) is 97.0 Å². The van der Waals surface area contributed by atoms with Gasteiger partial charge in [-0.1, -0.05) is 24.3 Å². The molecule has 0 N–H and O–H groups in total. The first-order valence-corrected chi connectivity index (χ1v) is 11.0. The average molecular weight is 400 g/mol. The molecule has 1 saturated heterocycles. The van der Waals surface area contributed by atoms with Gasteiger partial charge in [-0.2, -0.15) is 0 Å². The lowest BCUT2D eigenvalue weighted by molar-refractivity contribution is -0.156. The third-order valence-electron chi connectivity index (χ3n) is 6.66. The van der Waals surface area contributed by atoms with Crippen molar-refractivity contribution < 1.29 is 18.8 Å². The molecular formula is C24H37BO4. The number of carbonyl (C=O) groups excluding carboxylic acids is 1. The Kier molecular flexibility index (Phi) is 6.22. The van der Waals surface area contributed by atoms with E-state index < -0.39 is 5.60 Å². The lowest BCUT2D eigenvalue weighted by Gasteiger charge is -2.32. The van der Waals surface area contributed by atoms with Gasteiger partial charge in [0.25, 0.3) is 0 Å². The summed E-state index contributed by atoms with van der Waals surface area (Å²) in [6.45, 7) is 14.1. The van der Waals surface area contributed by atoms with Crippen LogP contribution in [-0.4, -0.2) is 29.9 Å². The molecule has 0 bridgehead atoms. The van der Waals surface area contributed by atoms with Crippen LogP contribution in [-0.2, 0) is 18.8 Å². The fourth-order valence-electron chi connectivity index (χ4n) is 4.22. The third kappa shape index (κ3) is 5.43. The smallest absolute Gasteiger partial charge is 0.460 e. The van der Waals surface area contributed by atoms with Gasteiger partial charge < -0.3 is 14.0 Å². The fraction of sp³-hybridized carbons (Fsp3) is 0.708. The first kappa shape index (κ1) is 22.4. The Hall–Kier alpha value is -1.33. The van der Waals surface area contributed by atoms with Crippen LogP contribution in [0.25, 0.3) is 0 Å². The lowest BCUT2D eigenvalue weighted by Crippen LogP contribution is -2.41. The summed E-state index contributed by atoms with van der Waals surface area (Å²) in [6.07, 6.45) is 4.98. The topological polar surface area (TPSA) is 44.8 Å². The average Bonchev–Trinajstić information content (AvgIpc) is 2.82. The highest BCUT2D eigenvalue weighted by Gasteiger charge is 2.51. The predicted octanol–water partition coefficient (Wildman–Crippen LogP) is 4.99. The van der Waals surface area contributed by atoms with E-state index in [2.05, 4.69) is 52.0 Å². The van der Waals surface area contributed by atoms with Crippen LogP contribution in [0.5, 0.6) is 0 Å². The monoisotopic (exact) mass is 400 g/mol. The molecule has 1 heterocycles. The van der Waals surface area contributed by atoms with Crippen molar-refractivity contribution in [1.29, 1.82) is 0 Å². The van der Waals surface area contributed by atoms with Crippen molar-refractivity contribution in [3.63, 3.8) is 0 Å². The molecule has 2 fully saturated rings. The Morgan fingerprint density at radius 1 is 1.00 bits per heavy atom. The maximum atomic E-state index is 12.1. The molecule has 0 atom stereocenters. The summed E-state index contributed by atoms with van der Waals surface area (Å²) in [6, 6.07) is 8.73. The van der Waals surface area contributed by atoms with Gasteiger partial charge in [0.15, 0.2) is 0 Å². The van der Waals surface area contributed by atoms with E-state index in [9.17, 15) is 4.79 Å². The normalized spacial score (nSPS) is 26.4. The zero-order chi connectivity index (χ0) is 21.4. The maximum Gasteiger partial charge on any atom is 0.494 e. The molecular weight excluding hydrogens is 363 g/mol. The minimum atomic E-state index is -0.396. The number of hydrogen-bond donors (Lipinski definition) is 0. The molecule has 2 aliphatic rings. The Morgan fingerprint density at radius 3 is 2.00 bits per heavy atom. The van der Waals surface area contributed by atoms with Crippen molar-refractivity contribution in [2.45, 2.75) is 103 Å². The highest BCUT2D eigenvalue weighted by atomic mass is 16.7. The molecule has 4 nitrogen and oxygen atoms in total. The van der Waals surface area contributed by atoms with E-state index >= 15 is 0 Å². The SMILES string of the molecule is CC(C)(C)OC(=O)CC1CCC(c2ccc(B3OC(C)(C)C(C)(C)O3)cc2)CC1. The van der Waals surface area contributed by atoms with Gasteiger partial charge in [0.05, 0.1) is 11.2 Å². The number of ether oxygens (including phenoxy) is 1. The molecule has 1 aromatic rings. The van der Waals surface area contributed by atoms with Crippen molar-refractivity contribution in [2.24, 2.45) is 5.92 Å². The molecule has 0 unspecified atom stereocenters. The van der Waals surface area contributed by atoms with Crippen molar-refractivity contribution in [3.8, 4) is 0 Å². The van der Waals surface area contributed by atoms with Gasteiger partial charge in [0, 0.05) is 6.42 Å². The van der Waals surface area contributed by atoms with Crippen LogP contribution < -0.4 is 5.46 Å². The Morgan fingerprint density at radius 2 is 1.52 bits per heavy atom. The largest absolute Gasteiger partial charge is 0.494 e. The zero-order valence-corrected chi connectivity index (χ0v) is 19.2. The third-order valence-corrected chi connectivity index (χ3v) is 6.66. The number of esters is 1. The van der Waals surface area contributed by atoms with Crippen molar-refractivity contribution in [2.75, 3.05) is 0 Å². The summed E-state index contributed by atoms with van der Waals surface area (Å²) in [4.78, 5) is 12.1. The van der Waals surface area contributed by atoms with E-state index in [0.717, 1.165) is 31.1 Å². The first-order chi connectivity index (χ1) is 13.4. The Bertz CT molecular complexity index is 693. The molecule has 160 valence electrons. The minimum absolute atomic E-state index is 0.0623. The van der Waals surface area contributed by atoms with E-state index in [4.69, 9.17) is 14.0 Å². The van der Waals surface area contributed by atoms with Gasteiger partial charge in [-0.3, -0.25) is 4.79 Å². The van der Waals surface area contributed by atoms with Gasteiger partial charge in [0.1, 0.15) is 5.60 Å². The highest BCUT2D eigenvalue weighted by Crippen LogP contribution is 2.38. The molecule has 0 aromatic heterocycles. The fourth-order valence-corrected chi connectivity index (χ4v) is 4.22. The van der Waals surface area contributed by atoms with Gasteiger partial charge in [-0.15, -0.1) is 0 Å². The van der Waals surface area contributed by atoms with E-state index in [1.165, 1.54) is 5.56 Å². The van der Waals surface area contributed by atoms with Crippen LogP contribution in [0.15, 0.2) is 24.3 Å². The Labute approximate surface area is 176 Å². The quantitative estimate of drug-likeness (QED) is 0.528. The van der Waals surface area contributed by atoms with Crippen LogP contribution >= 0.6 is 0 Å². The molecule has 29 heavy (non-hydrogen) atoms. The second-order valence-electron chi connectivity index (χ2n) is 10.8. The number of benzene rings is 1. The lowest BCUT2D eigenvalue weighted by atomic mass is 9.75. The second-order valence-corrected chi connectivity index (χ2v) is 10.8. The van der Waals surface area contributed by atoms with Gasteiger partial charge >= 0.3 is 13.1 Å². The number of rotatable bonds is 4. The predicted molar refractivity (Wildman–Crippen MR) is 117 cm³/mol. The summed E-state index contributed by atoms with van der Waals surface area (Å²) >= 11 is 0. The van der Waals surface area contributed by atoms with E-state index in [1.54, 1.807) is 0 Å². The summed E-state index contributed by atoms with van der Waals surface area (Å²) < 4.78 is 17.8. The summed E-state index contributed by atoms with van der Waals surface area (Å²) in [5.41, 5.74) is 1.42. The Balaban J connectivity index is 1.53. The van der Waals surface area contributed by atoms with E-state index in [0.29, 0.717) is 18.3 Å². The molecule has 0 amide bonds. The maximum absolute atomic E-state index is 12.1. The number of hydrogen-bond acceptors (Lipinski definition) is 4. The van der Waals surface area contributed by atoms with Crippen LogP contribution in [0.4, 0.5) is 0 Å². The molecule has 1 saturated carbocycles. The standard InChI is InChI=1S/C24H37BO4/c1-22(2,3)27-21(26)16-17-8-10-18(11-9-17)19-12-14-20(15-13-19)25-28-23(4,5)24(6,7)29-25/h12-15,17-18H,8-11,16H2,1-7H3. The minimum Gasteiger partial charge on any atom is -0.460 e. The van der Waals surface area contributed by atoms with E-state index in [-0.39, 0.29) is 24.3 Å². The first-order valence-electron chi connectivity index (χ1n) is 11.0. The van der Waals surface area contributed by atoms with Crippen molar-refractivity contribution >= 4 is 18.6 Å². The summed E-state index contributed by atoms with van der Waals surface area (Å²) in [7, 11) is -0.307. The zero-order valence-electron chi connectivity index (χ0n) is 19.2. The highest BCUT2D eigenvalue weighted by molar-refractivity contribution is 6.62. The van der Waals surface area contributed by atoms with Crippen LogP contribution in [0.1, 0.15) is 92.1 Å². The summed E-state index contributed by atoms with van der Waals surface area (Å²) in [5, 5.41) is 0. The van der Waals surface area contributed by atoms with Gasteiger partial charge in [0.2, 0.25) is 0 Å². The van der Waals surface area contributed by atoms with Crippen molar-refractivity contribution in [1.82, 2.24) is 0 Å². The molecule has 5 heteroatoms. The number of carbonyl (C=O) groups is 1. The van der Waals surface area contributed by atoms with E-state index in [1.807, 2.05) is 20.8 Å². The second kappa shape index (κ2) is 8.07. The van der Waals surface area contributed by atoms with Crippen LogP contribution in [0.2, 0.25) is 0 Å². The van der Waals surface area contributed by atoms with Crippen LogP contribution in [0.3, 0.4) is 0 Å². The van der Waals surface area contributed by atoms with Crippen molar-refractivity contribution in [3.05, 3.63) is 29.8 Å². The molecule has 1 aliphatic carbocycles. The molecule has 1 aliphatic heterocycles. The van der Waals surface area contributed by atoms with Gasteiger partial charge in [-0.25, -0.2) is 0 Å². The molecule has 1 aromatic carbocycles. The molecule has 3 rings (SSSR count). The molecule has 0 radical (unpaired) electrons. The summed E-state index contributed by atoms with van der Waals surface area (Å²) in [5.74, 6) is 0.954.